The van der Waals surface area contributed by atoms with E-state index in [1.807, 2.05) is 39.0 Å². The van der Waals surface area contributed by atoms with Crippen molar-refractivity contribution in [2.45, 2.75) is 66.0 Å². The first kappa shape index (κ1) is 17.5. The van der Waals surface area contributed by atoms with Gasteiger partial charge in [0.15, 0.2) is 0 Å². The molecule has 3 unspecified atom stereocenters. The van der Waals surface area contributed by atoms with Crippen molar-refractivity contribution in [1.82, 2.24) is 5.32 Å². The first-order valence-electron chi connectivity index (χ1n) is 7.90. The highest BCUT2D eigenvalue weighted by Crippen LogP contribution is 2.43. The number of amides is 1. The Hall–Kier alpha value is -1.51. The molecule has 0 aliphatic heterocycles. The summed E-state index contributed by atoms with van der Waals surface area (Å²) in [5.74, 6) is 0.372. The predicted molar refractivity (Wildman–Crippen MR) is 87.5 cm³/mol. The molecule has 3 atom stereocenters. The number of alkyl carbamates (subject to hydrolysis) is 1. The SMILES string of the molecule is CC.CC(NC(=O)OC1CC1c1ccccc1)C(C)(C)C. The van der Waals surface area contributed by atoms with Crippen LogP contribution in [-0.2, 0) is 4.74 Å². The Balaban J connectivity index is 0.00000106. The Morgan fingerprint density at radius 1 is 1.24 bits per heavy atom. The summed E-state index contributed by atoms with van der Waals surface area (Å²) in [6.07, 6.45) is 0.668. The van der Waals surface area contributed by atoms with E-state index < -0.39 is 0 Å². The molecule has 118 valence electrons. The van der Waals surface area contributed by atoms with Gasteiger partial charge in [-0.15, -0.1) is 0 Å². The molecule has 0 bridgehead atoms. The van der Waals surface area contributed by atoms with Crippen LogP contribution in [-0.4, -0.2) is 18.2 Å². The molecular formula is C18H29NO2. The summed E-state index contributed by atoms with van der Waals surface area (Å²) in [5.41, 5.74) is 1.30. The Morgan fingerprint density at radius 2 is 1.81 bits per heavy atom. The molecule has 1 aromatic carbocycles. The second-order valence-corrected chi connectivity index (χ2v) is 6.43. The minimum atomic E-state index is -0.300. The van der Waals surface area contributed by atoms with E-state index in [0.717, 1.165) is 6.42 Å². The van der Waals surface area contributed by atoms with Crippen molar-refractivity contribution in [1.29, 1.82) is 0 Å². The molecule has 1 aromatic rings. The van der Waals surface area contributed by atoms with E-state index in [-0.39, 0.29) is 23.7 Å². The predicted octanol–water partition coefficient (Wildman–Crippen LogP) is 4.73. The Labute approximate surface area is 129 Å². The average molecular weight is 291 g/mol. The minimum absolute atomic E-state index is 0.0366. The van der Waals surface area contributed by atoms with E-state index in [9.17, 15) is 4.79 Å². The van der Waals surface area contributed by atoms with Crippen LogP contribution in [0.4, 0.5) is 4.79 Å². The number of carbonyl (C=O) groups excluding carboxylic acids is 1. The van der Waals surface area contributed by atoms with Gasteiger partial charge in [0.05, 0.1) is 0 Å². The zero-order valence-electron chi connectivity index (χ0n) is 14.1. The molecule has 0 saturated heterocycles. The van der Waals surface area contributed by atoms with Gasteiger partial charge in [0.25, 0.3) is 0 Å². The van der Waals surface area contributed by atoms with Crippen LogP contribution >= 0.6 is 0 Å². The van der Waals surface area contributed by atoms with Crippen LogP contribution in [0.25, 0.3) is 0 Å². The molecule has 0 radical (unpaired) electrons. The monoisotopic (exact) mass is 291 g/mol. The maximum Gasteiger partial charge on any atom is 0.407 e. The molecule has 1 amide bonds. The Kier molecular flexibility index (Phi) is 6.25. The third kappa shape index (κ3) is 5.41. The summed E-state index contributed by atoms with van der Waals surface area (Å²) in [6, 6.07) is 10.3. The molecule has 21 heavy (non-hydrogen) atoms. The fourth-order valence-electron chi connectivity index (χ4n) is 1.92. The summed E-state index contributed by atoms with van der Waals surface area (Å²) < 4.78 is 5.44. The second kappa shape index (κ2) is 7.48. The maximum absolute atomic E-state index is 11.8. The van der Waals surface area contributed by atoms with Gasteiger partial charge in [0.1, 0.15) is 6.10 Å². The first-order valence-corrected chi connectivity index (χ1v) is 7.90. The number of rotatable bonds is 3. The van der Waals surface area contributed by atoms with Gasteiger partial charge in [-0.3, -0.25) is 0 Å². The molecule has 1 aliphatic rings. The van der Waals surface area contributed by atoms with E-state index in [1.165, 1.54) is 5.56 Å². The lowest BCUT2D eigenvalue weighted by Crippen LogP contribution is -2.41. The lowest BCUT2D eigenvalue weighted by molar-refractivity contribution is 0.125. The van der Waals surface area contributed by atoms with Crippen molar-refractivity contribution in [3.8, 4) is 0 Å². The summed E-state index contributed by atoms with van der Waals surface area (Å²) >= 11 is 0. The van der Waals surface area contributed by atoms with Crippen molar-refractivity contribution in [2.75, 3.05) is 0 Å². The van der Waals surface area contributed by atoms with Crippen LogP contribution in [0.3, 0.4) is 0 Å². The molecule has 0 aromatic heterocycles. The van der Waals surface area contributed by atoms with E-state index in [1.54, 1.807) is 0 Å². The number of nitrogens with one attached hydrogen (secondary N) is 1. The Bertz CT molecular complexity index is 436. The lowest BCUT2D eigenvalue weighted by Gasteiger charge is -2.27. The van der Waals surface area contributed by atoms with Crippen LogP contribution in [0.5, 0.6) is 0 Å². The van der Waals surface area contributed by atoms with Gasteiger partial charge >= 0.3 is 6.09 Å². The standard InChI is InChI=1S/C16H23NO2.C2H6/c1-11(16(2,3)4)17-15(18)19-14-10-13(14)12-8-6-5-7-9-12;1-2/h5-9,11,13-14H,10H2,1-4H3,(H,17,18);1-2H3. The number of ether oxygens (including phenoxy) is 1. The van der Waals surface area contributed by atoms with Crippen molar-refractivity contribution < 1.29 is 9.53 Å². The molecule has 1 saturated carbocycles. The number of hydrogen-bond donors (Lipinski definition) is 1. The molecule has 1 aliphatic carbocycles. The minimum Gasteiger partial charge on any atom is -0.446 e. The van der Waals surface area contributed by atoms with Gasteiger partial charge in [0.2, 0.25) is 0 Å². The van der Waals surface area contributed by atoms with Gasteiger partial charge in [-0.25, -0.2) is 4.79 Å². The highest BCUT2D eigenvalue weighted by molar-refractivity contribution is 5.68. The molecule has 1 N–H and O–H groups in total. The van der Waals surface area contributed by atoms with Crippen LogP contribution in [0.15, 0.2) is 30.3 Å². The van der Waals surface area contributed by atoms with Gasteiger partial charge < -0.3 is 10.1 Å². The summed E-state index contributed by atoms with van der Waals surface area (Å²) in [5, 5.41) is 2.90. The van der Waals surface area contributed by atoms with E-state index in [4.69, 9.17) is 4.74 Å². The fourth-order valence-corrected chi connectivity index (χ4v) is 1.92. The highest BCUT2D eigenvalue weighted by Gasteiger charge is 2.42. The first-order chi connectivity index (χ1) is 9.88. The van der Waals surface area contributed by atoms with Crippen molar-refractivity contribution in [2.24, 2.45) is 5.41 Å². The van der Waals surface area contributed by atoms with E-state index in [0.29, 0.717) is 5.92 Å². The normalized spacial score (nSPS) is 21.6. The number of hydrogen-bond acceptors (Lipinski definition) is 2. The molecule has 0 heterocycles. The number of benzene rings is 1. The largest absolute Gasteiger partial charge is 0.446 e. The third-order valence-electron chi connectivity index (χ3n) is 3.85. The summed E-state index contributed by atoms with van der Waals surface area (Å²) in [7, 11) is 0. The second-order valence-electron chi connectivity index (χ2n) is 6.43. The third-order valence-corrected chi connectivity index (χ3v) is 3.85. The molecule has 3 nitrogen and oxygen atoms in total. The summed E-state index contributed by atoms with van der Waals surface area (Å²) in [4.78, 5) is 11.8. The zero-order valence-corrected chi connectivity index (χ0v) is 14.1. The molecule has 1 fully saturated rings. The van der Waals surface area contributed by atoms with Gasteiger partial charge in [-0.05, 0) is 24.3 Å². The van der Waals surface area contributed by atoms with E-state index in [2.05, 4.69) is 38.2 Å². The van der Waals surface area contributed by atoms with Gasteiger partial charge in [0, 0.05) is 12.0 Å². The lowest BCUT2D eigenvalue weighted by atomic mass is 9.88. The molecule has 0 spiro atoms. The maximum atomic E-state index is 11.8. The number of carbonyl (C=O) groups is 1. The average Bonchev–Trinajstić information content (AvgIpc) is 3.20. The zero-order chi connectivity index (χ0) is 16.0. The Morgan fingerprint density at radius 3 is 2.33 bits per heavy atom. The highest BCUT2D eigenvalue weighted by atomic mass is 16.6. The van der Waals surface area contributed by atoms with Gasteiger partial charge in [-0.1, -0.05) is 65.0 Å². The fraction of sp³-hybridized carbons (Fsp3) is 0.611. The quantitative estimate of drug-likeness (QED) is 0.874. The van der Waals surface area contributed by atoms with Crippen molar-refractivity contribution in [3.63, 3.8) is 0 Å². The molecule has 2 rings (SSSR count). The van der Waals surface area contributed by atoms with Gasteiger partial charge in [-0.2, -0.15) is 0 Å². The summed E-state index contributed by atoms with van der Waals surface area (Å²) in [6.45, 7) is 12.3. The molecule has 3 heteroatoms. The van der Waals surface area contributed by atoms with Crippen LogP contribution in [0.1, 0.15) is 59.4 Å². The van der Waals surface area contributed by atoms with Crippen molar-refractivity contribution in [3.05, 3.63) is 35.9 Å². The van der Waals surface area contributed by atoms with Crippen LogP contribution in [0, 0.1) is 5.41 Å². The van der Waals surface area contributed by atoms with Crippen molar-refractivity contribution >= 4 is 6.09 Å². The molecular weight excluding hydrogens is 262 g/mol. The topological polar surface area (TPSA) is 38.3 Å². The van der Waals surface area contributed by atoms with Crippen LogP contribution in [0.2, 0.25) is 0 Å². The van der Waals surface area contributed by atoms with Crippen LogP contribution < -0.4 is 5.32 Å². The van der Waals surface area contributed by atoms with E-state index >= 15 is 0 Å². The smallest absolute Gasteiger partial charge is 0.407 e.